The molecule has 0 aromatic heterocycles. The van der Waals surface area contributed by atoms with Crippen LogP contribution in [0, 0.1) is 11.7 Å². The van der Waals surface area contributed by atoms with E-state index >= 15 is 0 Å². The third-order valence-electron chi connectivity index (χ3n) is 4.68. The van der Waals surface area contributed by atoms with Crippen LogP contribution in [0.5, 0.6) is 0 Å². The third kappa shape index (κ3) is 6.52. The number of piperidine rings is 1. The van der Waals surface area contributed by atoms with E-state index in [1.54, 1.807) is 11.8 Å². The van der Waals surface area contributed by atoms with E-state index in [1.165, 1.54) is 12.1 Å². The number of hydrogen-bond donors (Lipinski definition) is 1. The fourth-order valence-corrected chi connectivity index (χ4v) is 4.17. The highest BCUT2D eigenvalue weighted by atomic mass is 35.5. The zero-order valence-electron chi connectivity index (χ0n) is 15.2. The molecule has 0 saturated carbocycles. The molecule has 0 spiro atoms. The lowest BCUT2D eigenvalue weighted by Gasteiger charge is -2.32. The molecule has 0 radical (unpaired) electrons. The summed E-state index contributed by atoms with van der Waals surface area (Å²) >= 11 is 7.59. The maximum atomic E-state index is 13.0. The topological polar surface area (TPSA) is 32.3 Å². The van der Waals surface area contributed by atoms with Crippen LogP contribution < -0.4 is 5.32 Å². The lowest BCUT2D eigenvalue weighted by molar-refractivity contribution is -0.126. The number of carbonyl (C=O) groups is 1. The Hall–Kier alpha value is -1.56. The predicted octanol–water partition coefficient (Wildman–Crippen LogP) is 4.60. The minimum absolute atomic E-state index is 0.0275. The van der Waals surface area contributed by atoms with Crippen molar-refractivity contribution in [2.75, 3.05) is 25.4 Å². The Labute approximate surface area is 169 Å². The van der Waals surface area contributed by atoms with Gasteiger partial charge in [0.15, 0.2) is 0 Å². The van der Waals surface area contributed by atoms with Gasteiger partial charge in [-0.25, -0.2) is 4.39 Å². The molecule has 1 heterocycles. The van der Waals surface area contributed by atoms with E-state index in [0.717, 1.165) is 53.7 Å². The number of halogens is 2. The summed E-state index contributed by atoms with van der Waals surface area (Å²) in [5, 5.41) is 3.80. The Morgan fingerprint density at radius 3 is 2.67 bits per heavy atom. The molecule has 3 nitrogen and oxygen atoms in total. The highest BCUT2D eigenvalue weighted by molar-refractivity contribution is 7.99. The van der Waals surface area contributed by atoms with E-state index < -0.39 is 0 Å². The first-order valence-corrected chi connectivity index (χ1v) is 10.6. The number of likely N-dealkylation sites (tertiary alicyclic amines) is 1. The lowest BCUT2D eigenvalue weighted by atomic mass is 9.96. The Morgan fingerprint density at radius 1 is 1.19 bits per heavy atom. The monoisotopic (exact) mass is 406 g/mol. The van der Waals surface area contributed by atoms with Crippen LogP contribution in [0.4, 0.5) is 4.39 Å². The predicted molar refractivity (Wildman–Crippen MR) is 110 cm³/mol. The molecule has 27 heavy (non-hydrogen) atoms. The summed E-state index contributed by atoms with van der Waals surface area (Å²) in [6.45, 7) is 3.15. The van der Waals surface area contributed by atoms with Crippen LogP contribution >= 0.6 is 23.4 Å². The van der Waals surface area contributed by atoms with Gasteiger partial charge in [0.25, 0.3) is 0 Å². The number of thioether (sulfide) groups is 1. The largest absolute Gasteiger partial charge is 0.355 e. The van der Waals surface area contributed by atoms with E-state index in [9.17, 15) is 9.18 Å². The number of hydrogen-bond acceptors (Lipinski definition) is 3. The van der Waals surface area contributed by atoms with Gasteiger partial charge in [0.2, 0.25) is 5.91 Å². The number of nitrogens with one attached hydrogen (secondary N) is 1. The molecule has 1 saturated heterocycles. The smallest absolute Gasteiger partial charge is 0.224 e. The Balaban J connectivity index is 1.40. The van der Waals surface area contributed by atoms with Crippen molar-refractivity contribution in [2.45, 2.75) is 24.3 Å². The highest BCUT2D eigenvalue weighted by Gasteiger charge is 2.25. The molecule has 2 aromatic rings. The van der Waals surface area contributed by atoms with Crippen molar-refractivity contribution in [1.29, 1.82) is 0 Å². The second-order valence-electron chi connectivity index (χ2n) is 6.79. The molecule has 3 rings (SSSR count). The number of benzene rings is 2. The van der Waals surface area contributed by atoms with Gasteiger partial charge in [0.05, 0.1) is 5.92 Å². The van der Waals surface area contributed by atoms with Crippen LogP contribution in [0.3, 0.4) is 0 Å². The summed E-state index contributed by atoms with van der Waals surface area (Å²) in [7, 11) is 0. The van der Waals surface area contributed by atoms with Crippen molar-refractivity contribution in [3.8, 4) is 0 Å². The molecule has 1 N–H and O–H groups in total. The Kier molecular flexibility index (Phi) is 7.56. The Morgan fingerprint density at radius 2 is 1.93 bits per heavy atom. The van der Waals surface area contributed by atoms with Crippen LogP contribution in [0.1, 0.15) is 18.4 Å². The summed E-state index contributed by atoms with van der Waals surface area (Å²) < 4.78 is 13.0. The molecule has 1 unspecified atom stereocenters. The van der Waals surface area contributed by atoms with Gasteiger partial charge in [-0.1, -0.05) is 23.7 Å². The van der Waals surface area contributed by atoms with E-state index in [-0.39, 0.29) is 17.6 Å². The van der Waals surface area contributed by atoms with E-state index in [1.807, 2.05) is 36.4 Å². The van der Waals surface area contributed by atoms with Gasteiger partial charge in [-0.2, -0.15) is 0 Å². The average molecular weight is 407 g/mol. The molecule has 1 amide bonds. The lowest BCUT2D eigenvalue weighted by Crippen LogP contribution is -2.43. The molecule has 2 aromatic carbocycles. The molecular weight excluding hydrogens is 383 g/mol. The fourth-order valence-electron chi connectivity index (χ4n) is 3.28. The van der Waals surface area contributed by atoms with Crippen molar-refractivity contribution >= 4 is 29.3 Å². The number of nitrogens with zero attached hydrogens (tertiary/aromatic N) is 1. The average Bonchev–Trinajstić information content (AvgIpc) is 2.68. The van der Waals surface area contributed by atoms with Gasteiger partial charge >= 0.3 is 0 Å². The first-order valence-electron chi connectivity index (χ1n) is 9.23. The summed E-state index contributed by atoms with van der Waals surface area (Å²) in [6.07, 6.45) is 1.94. The Bertz CT molecular complexity index is 739. The zero-order chi connectivity index (χ0) is 19.1. The molecule has 0 bridgehead atoms. The fraction of sp³-hybridized carbons (Fsp3) is 0.381. The number of carbonyl (C=O) groups excluding carboxylic acids is 1. The van der Waals surface area contributed by atoms with Crippen LogP contribution in [-0.4, -0.2) is 36.2 Å². The summed E-state index contributed by atoms with van der Waals surface area (Å²) in [4.78, 5) is 15.9. The SMILES string of the molecule is O=C(NCCSc1ccc(Cl)cc1)C1CCCN(Cc2ccc(F)cc2)C1. The standard InChI is InChI=1S/C21H24ClFN2OS/c22-18-5-9-20(10-6-18)27-13-11-24-21(26)17-2-1-12-25(15-17)14-16-3-7-19(23)8-4-16/h3-10,17H,1-2,11-15H2,(H,24,26). The van der Waals surface area contributed by atoms with E-state index in [2.05, 4.69) is 10.2 Å². The quantitative estimate of drug-likeness (QED) is 0.538. The molecule has 1 aliphatic rings. The molecule has 144 valence electrons. The highest BCUT2D eigenvalue weighted by Crippen LogP contribution is 2.21. The van der Waals surface area contributed by atoms with Crippen LogP contribution in [0.15, 0.2) is 53.4 Å². The van der Waals surface area contributed by atoms with E-state index in [4.69, 9.17) is 11.6 Å². The van der Waals surface area contributed by atoms with Gasteiger partial charge in [-0.05, 0) is 61.3 Å². The zero-order valence-corrected chi connectivity index (χ0v) is 16.7. The normalized spacial score (nSPS) is 17.6. The van der Waals surface area contributed by atoms with Gasteiger partial charge in [0.1, 0.15) is 5.82 Å². The molecule has 6 heteroatoms. The maximum Gasteiger partial charge on any atom is 0.224 e. The summed E-state index contributed by atoms with van der Waals surface area (Å²) in [5.41, 5.74) is 1.08. The number of amides is 1. The first kappa shape index (κ1) is 20.2. The van der Waals surface area contributed by atoms with Gasteiger partial charge in [-0.15, -0.1) is 11.8 Å². The molecule has 1 atom stereocenters. The van der Waals surface area contributed by atoms with Gasteiger partial charge < -0.3 is 5.32 Å². The van der Waals surface area contributed by atoms with Crippen molar-refractivity contribution in [2.24, 2.45) is 5.92 Å². The first-order chi connectivity index (χ1) is 13.1. The van der Waals surface area contributed by atoms with Crippen LogP contribution in [0.25, 0.3) is 0 Å². The van der Waals surface area contributed by atoms with Crippen molar-refractivity contribution in [1.82, 2.24) is 10.2 Å². The van der Waals surface area contributed by atoms with Gasteiger partial charge in [-0.3, -0.25) is 9.69 Å². The molecule has 1 aliphatic heterocycles. The second kappa shape index (κ2) is 10.1. The second-order valence-corrected chi connectivity index (χ2v) is 8.40. The molecular formula is C21H24ClFN2OS. The van der Waals surface area contributed by atoms with E-state index in [0.29, 0.717) is 6.54 Å². The van der Waals surface area contributed by atoms with Crippen molar-refractivity contribution in [3.05, 3.63) is 64.9 Å². The van der Waals surface area contributed by atoms with Gasteiger partial charge in [0, 0.05) is 35.3 Å². The third-order valence-corrected chi connectivity index (χ3v) is 5.95. The minimum atomic E-state index is -0.217. The minimum Gasteiger partial charge on any atom is -0.355 e. The van der Waals surface area contributed by atoms with Crippen LogP contribution in [-0.2, 0) is 11.3 Å². The van der Waals surface area contributed by atoms with Crippen molar-refractivity contribution < 1.29 is 9.18 Å². The summed E-state index contributed by atoms with van der Waals surface area (Å²) in [6, 6.07) is 14.3. The van der Waals surface area contributed by atoms with Crippen LogP contribution in [0.2, 0.25) is 5.02 Å². The number of rotatable bonds is 7. The molecule has 0 aliphatic carbocycles. The summed E-state index contributed by atoms with van der Waals surface area (Å²) in [5.74, 6) is 0.778. The maximum absolute atomic E-state index is 13.0. The van der Waals surface area contributed by atoms with Crippen molar-refractivity contribution in [3.63, 3.8) is 0 Å². The molecule has 1 fully saturated rings.